The molecular weight excluding hydrogens is 242 g/mol. The van der Waals surface area contributed by atoms with E-state index in [4.69, 9.17) is 10.4 Å². The molecule has 0 bridgehead atoms. The minimum atomic E-state index is -0.303. The Hall–Kier alpha value is -2.06. The van der Waals surface area contributed by atoms with E-state index in [1.54, 1.807) is 18.2 Å². The zero-order chi connectivity index (χ0) is 14.3. The second kappa shape index (κ2) is 7.39. The van der Waals surface area contributed by atoms with Gasteiger partial charge in [0.25, 0.3) is 0 Å². The van der Waals surface area contributed by atoms with E-state index < -0.39 is 0 Å². The number of hydrogen-bond acceptors (Lipinski definition) is 3. The lowest BCUT2D eigenvalue weighted by molar-refractivity contribution is 0.243. The molecule has 0 fully saturated rings. The van der Waals surface area contributed by atoms with Crippen molar-refractivity contribution in [2.45, 2.75) is 20.3 Å². The fourth-order valence-corrected chi connectivity index (χ4v) is 1.58. The maximum atomic E-state index is 11.7. The predicted molar refractivity (Wildman–Crippen MR) is 73.8 cm³/mol. The summed E-state index contributed by atoms with van der Waals surface area (Å²) < 4.78 is 0. The van der Waals surface area contributed by atoms with Crippen LogP contribution in [0.25, 0.3) is 0 Å². The summed E-state index contributed by atoms with van der Waals surface area (Å²) in [5, 5.41) is 23.0. The van der Waals surface area contributed by atoms with Crippen LogP contribution in [-0.2, 0) is 0 Å². The minimum absolute atomic E-state index is 0.119. The molecule has 0 aliphatic heterocycles. The van der Waals surface area contributed by atoms with Gasteiger partial charge in [0, 0.05) is 18.8 Å². The van der Waals surface area contributed by atoms with Gasteiger partial charge in [-0.15, -0.1) is 0 Å². The van der Waals surface area contributed by atoms with Gasteiger partial charge >= 0.3 is 6.03 Å². The van der Waals surface area contributed by atoms with Crippen molar-refractivity contribution in [3.63, 3.8) is 0 Å². The van der Waals surface area contributed by atoms with Crippen molar-refractivity contribution in [2.24, 2.45) is 5.92 Å². The SMILES string of the molecule is Cc1ccc(C#N)cc1NC(=O)NCC(C)CCO. The molecule has 19 heavy (non-hydrogen) atoms. The molecule has 5 nitrogen and oxygen atoms in total. The zero-order valence-corrected chi connectivity index (χ0v) is 11.2. The summed E-state index contributed by atoms with van der Waals surface area (Å²) in [7, 11) is 0. The Morgan fingerprint density at radius 3 is 2.89 bits per heavy atom. The number of nitrogens with one attached hydrogen (secondary N) is 2. The van der Waals surface area contributed by atoms with Crippen molar-refractivity contribution < 1.29 is 9.90 Å². The van der Waals surface area contributed by atoms with Crippen LogP contribution in [0.5, 0.6) is 0 Å². The van der Waals surface area contributed by atoms with Crippen LogP contribution in [0.1, 0.15) is 24.5 Å². The molecule has 0 radical (unpaired) electrons. The molecule has 1 rings (SSSR count). The highest BCUT2D eigenvalue weighted by Crippen LogP contribution is 2.16. The maximum absolute atomic E-state index is 11.7. The maximum Gasteiger partial charge on any atom is 0.319 e. The van der Waals surface area contributed by atoms with Crippen molar-refractivity contribution in [1.82, 2.24) is 5.32 Å². The Morgan fingerprint density at radius 1 is 1.53 bits per heavy atom. The number of amides is 2. The first-order chi connectivity index (χ1) is 9.06. The smallest absolute Gasteiger partial charge is 0.319 e. The Bertz CT molecular complexity index is 480. The fraction of sp³-hybridized carbons (Fsp3) is 0.429. The van der Waals surface area contributed by atoms with Gasteiger partial charge in [0.2, 0.25) is 0 Å². The summed E-state index contributed by atoms with van der Waals surface area (Å²) in [6, 6.07) is 6.88. The van der Waals surface area contributed by atoms with E-state index in [-0.39, 0.29) is 18.6 Å². The summed E-state index contributed by atoms with van der Waals surface area (Å²) in [6.45, 7) is 4.44. The number of aliphatic hydroxyl groups excluding tert-OH is 1. The summed E-state index contributed by atoms with van der Waals surface area (Å²) in [5.74, 6) is 0.224. The molecule has 0 spiro atoms. The average Bonchev–Trinajstić information content (AvgIpc) is 2.39. The second-order valence-corrected chi connectivity index (χ2v) is 4.59. The van der Waals surface area contributed by atoms with Crippen LogP contribution in [0.2, 0.25) is 0 Å². The van der Waals surface area contributed by atoms with E-state index in [0.717, 1.165) is 5.56 Å². The number of carbonyl (C=O) groups is 1. The third-order valence-corrected chi connectivity index (χ3v) is 2.85. The van der Waals surface area contributed by atoms with Gasteiger partial charge in [-0.2, -0.15) is 5.26 Å². The van der Waals surface area contributed by atoms with E-state index >= 15 is 0 Å². The molecule has 0 saturated heterocycles. The Kier molecular flexibility index (Phi) is 5.83. The quantitative estimate of drug-likeness (QED) is 0.758. The molecule has 0 heterocycles. The van der Waals surface area contributed by atoms with Crippen molar-refractivity contribution in [1.29, 1.82) is 5.26 Å². The molecule has 1 aromatic carbocycles. The molecule has 2 amide bonds. The van der Waals surface area contributed by atoms with Gasteiger partial charge in [-0.1, -0.05) is 13.0 Å². The third-order valence-electron chi connectivity index (χ3n) is 2.85. The first kappa shape index (κ1) is 15.0. The highest BCUT2D eigenvalue weighted by atomic mass is 16.3. The third kappa shape index (κ3) is 4.98. The summed E-state index contributed by atoms with van der Waals surface area (Å²) in [6.07, 6.45) is 0.656. The van der Waals surface area contributed by atoms with E-state index in [9.17, 15) is 4.79 Å². The highest BCUT2D eigenvalue weighted by Gasteiger charge is 2.07. The van der Waals surface area contributed by atoms with Gasteiger partial charge in [-0.3, -0.25) is 0 Å². The highest BCUT2D eigenvalue weighted by molar-refractivity contribution is 5.90. The molecule has 1 atom stereocenters. The molecule has 0 saturated carbocycles. The first-order valence-corrected chi connectivity index (χ1v) is 6.23. The van der Waals surface area contributed by atoms with Crippen LogP contribution < -0.4 is 10.6 Å². The molecule has 1 aromatic rings. The van der Waals surface area contributed by atoms with Crippen LogP contribution in [-0.4, -0.2) is 24.3 Å². The number of carbonyl (C=O) groups excluding carboxylic acids is 1. The topological polar surface area (TPSA) is 85.2 Å². The Balaban J connectivity index is 2.55. The van der Waals surface area contributed by atoms with Crippen LogP contribution in [0.15, 0.2) is 18.2 Å². The van der Waals surface area contributed by atoms with E-state index in [1.807, 2.05) is 19.9 Å². The minimum Gasteiger partial charge on any atom is -0.396 e. The van der Waals surface area contributed by atoms with Gasteiger partial charge in [0.05, 0.1) is 11.6 Å². The first-order valence-electron chi connectivity index (χ1n) is 6.23. The number of aliphatic hydroxyl groups is 1. The molecule has 5 heteroatoms. The summed E-state index contributed by atoms with van der Waals surface area (Å²) in [5.41, 5.74) is 2.04. The molecular formula is C14H19N3O2. The van der Waals surface area contributed by atoms with Gasteiger partial charge < -0.3 is 15.7 Å². The Labute approximate surface area is 113 Å². The Morgan fingerprint density at radius 2 is 2.26 bits per heavy atom. The lowest BCUT2D eigenvalue weighted by atomic mass is 10.1. The van der Waals surface area contributed by atoms with Crippen molar-refractivity contribution >= 4 is 11.7 Å². The largest absolute Gasteiger partial charge is 0.396 e. The molecule has 3 N–H and O–H groups in total. The number of benzene rings is 1. The normalized spacial score (nSPS) is 11.5. The predicted octanol–water partition coefficient (Wildman–Crippen LogP) is 2.01. The van der Waals surface area contributed by atoms with E-state index in [1.165, 1.54) is 0 Å². The van der Waals surface area contributed by atoms with Crippen molar-refractivity contribution in [2.75, 3.05) is 18.5 Å². The van der Waals surface area contributed by atoms with Crippen LogP contribution in [0, 0.1) is 24.2 Å². The number of nitriles is 1. The van der Waals surface area contributed by atoms with Crippen LogP contribution >= 0.6 is 0 Å². The summed E-state index contributed by atoms with van der Waals surface area (Å²) in [4.78, 5) is 11.7. The number of urea groups is 1. The number of hydrogen-bond donors (Lipinski definition) is 3. The van der Waals surface area contributed by atoms with Gasteiger partial charge in [-0.05, 0) is 37.0 Å². The van der Waals surface area contributed by atoms with E-state index in [2.05, 4.69) is 10.6 Å². The molecule has 0 aliphatic rings. The zero-order valence-electron chi connectivity index (χ0n) is 11.2. The number of nitrogens with zero attached hydrogens (tertiary/aromatic N) is 1. The van der Waals surface area contributed by atoms with Gasteiger partial charge in [-0.25, -0.2) is 4.79 Å². The van der Waals surface area contributed by atoms with Crippen molar-refractivity contribution in [3.8, 4) is 6.07 Å². The van der Waals surface area contributed by atoms with E-state index in [0.29, 0.717) is 24.2 Å². The number of rotatable bonds is 5. The van der Waals surface area contributed by atoms with Crippen LogP contribution in [0.4, 0.5) is 10.5 Å². The molecule has 0 aliphatic carbocycles. The molecule has 102 valence electrons. The number of anilines is 1. The lowest BCUT2D eigenvalue weighted by Crippen LogP contribution is -2.32. The average molecular weight is 261 g/mol. The lowest BCUT2D eigenvalue weighted by Gasteiger charge is -2.13. The second-order valence-electron chi connectivity index (χ2n) is 4.59. The standard InChI is InChI=1S/C14H19N3O2/c1-10(5-6-18)9-16-14(19)17-13-7-12(8-15)4-3-11(13)2/h3-4,7,10,18H,5-6,9H2,1-2H3,(H2,16,17,19). The van der Waals surface area contributed by atoms with Gasteiger partial charge in [0.1, 0.15) is 0 Å². The fourth-order valence-electron chi connectivity index (χ4n) is 1.58. The summed E-state index contributed by atoms with van der Waals surface area (Å²) >= 11 is 0. The van der Waals surface area contributed by atoms with Crippen LogP contribution in [0.3, 0.4) is 0 Å². The number of aryl methyl sites for hydroxylation is 1. The molecule has 0 aromatic heterocycles. The van der Waals surface area contributed by atoms with Crippen molar-refractivity contribution in [3.05, 3.63) is 29.3 Å². The monoisotopic (exact) mass is 261 g/mol. The van der Waals surface area contributed by atoms with Gasteiger partial charge in [0.15, 0.2) is 0 Å². The molecule has 1 unspecified atom stereocenters.